The summed E-state index contributed by atoms with van der Waals surface area (Å²) in [6.45, 7) is 6.43. The lowest BCUT2D eigenvalue weighted by molar-refractivity contribution is 0.289. The summed E-state index contributed by atoms with van der Waals surface area (Å²) in [6, 6.07) is 5.93. The fraction of sp³-hybridized carbons (Fsp3) is 0.429. The smallest absolute Gasteiger partial charge is 0.233 e. The second kappa shape index (κ2) is 6.89. The Morgan fingerprint density at radius 3 is 2.89 bits per heavy atom. The Kier molecular flexibility index (Phi) is 4.92. The molecule has 0 fully saturated rings. The molecule has 2 aromatic rings. The van der Waals surface area contributed by atoms with Crippen molar-refractivity contribution in [3.63, 3.8) is 0 Å². The zero-order valence-electron chi connectivity index (χ0n) is 11.4. The molecule has 0 saturated heterocycles. The highest BCUT2D eigenvalue weighted by Gasteiger charge is 2.01. The Balaban J connectivity index is 1.81. The minimum absolute atomic E-state index is 0.437. The van der Waals surface area contributed by atoms with E-state index in [-0.39, 0.29) is 0 Å². The fourth-order valence-corrected chi connectivity index (χ4v) is 1.67. The van der Waals surface area contributed by atoms with E-state index in [1.54, 1.807) is 0 Å². The molecule has 0 aliphatic heterocycles. The minimum Gasteiger partial charge on any atom is -0.470 e. The van der Waals surface area contributed by atoms with Gasteiger partial charge in [0, 0.05) is 24.5 Å². The average molecular weight is 260 g/mol. The number of nitrogens with zero attached hydrogens (tertiary/aromatic N) is 2. The van der Waals surface area contributed by atoms with Crippen LogP contribution in [0.15, 0.2) is 24.4 Å². The van der Waals surface area contributed by atoms with Crippen LogP contribution in [-0.4, -0.2) is 21.7 Å². The van der Waals surface area contributed by atoms with E-state index >= 15 is 0 Å². The average Bonchev–Trinajstić information content (AvgIpc) is 2.84. The zero-order valence-corrected chi connectivity index (χ0v) is 11.4. The monoisotopic (exact) mass is 260 g/mol. The summed E-state index contributed by atoms with van der Waals surface area (Å²) in [5, 5.41) is 10.2. The molecular weight excluding hydrogens is 240 g/mol. The van der Waals surface area contributed by atoms with Gasteiger partial charge >= 0.3 is 0 Å². The first-order chi connectivity index (χ1) is 9.28. The van der Waals surface area contributed by atoms with Gasteiger partial charge < -0.3 is 10.1 Å². The Labute approximate surface area is 113 Å². The topological polar surface area (TPSA) is 62.8 Å². The minimum atomic E-state index is 0.437. The molecule has 0 radical (unpaired) electrons. The molecule has 0 saturated carbocycles. The quantitative estimate of drug-likeness (QED) is 0.749. The van der Waals surface area contributed by atoms with E-state index in [1.807, 2.05) is 25.3 Å². The van der Waals surface area contributed by atoms with Crippen LogP contribution in [0, 0.1) is 6.92 Å². The maximum atomic E-state index is 5.53. The number of pyridine rings is 1. The van der Waals surface area contributed by atoms with Crippen LogP contribution in [0.4, 0.5) is 0 Å². The molecule has 2 aromatic heterocycles. The molecule has 2 rings (SSSR count). The summed E-state index contributed by atoms with van der Waals surface area (Å²) in [6.07, 6.45) is 3.03. The molecule has 2 N–H and O–H groups in total. The number of ether oxygens (including phenoxy) is 1. The van der Waals surface area contributed by atoms with Crippen LogP contribution in [0.25, 0.3) is 0 Å². The summed E-state index contributed by atoms with van der Waals surface area (Å²) in [4.78, 5) is 4.38. The van der Waals surface area contributed by atoms with Gasteiger partial charge in [-0.15, -0.1) is 5.10 Å². The van der Waals surface area contributed by atoms with E-state index in [0.29, 0.717) is 12.5 Å². The molecule has 0 atom stereocenters. The van der Waals surface area contributed by atoms with Gasteiger partial charge in [0.25, 0.3) is 0 Å². The van der Waals surface area contributed by atoms with Crippen molar-refractivity contribution in [1.29, 1.82) is 0 Å². The third-order valence-corrected chi connectivity index (χ3v) is 2.69. The van der Waals surface area contributed by atoms with Gasteiger partial charge in [-0.25, -0.2) is 0 Å². The second-order valence-corrected chi connectivity index (χ2v) is 4.51. The van der Waals surface area contributed by atoms with E-state index in [2.05, 4.69) is 33.5 Å². The van der Waals surface area contributed by atoms with Gasteiger partial charge in [-0.2, -0.15) is 0 Å². The van der Waals surface area contributed by atoms with Crippen LogP contribution in [0.1, 0.15) is 30.3 Å². The Morgan fingerprint density at radius 1 is 1.37 bits per heavy atom. The lowest BCUT2D eigenvalue weighted by Gasteiger charge is -2.05. The summed E-state index contributed by atoms with van der Waals surface area (Å²) < 4.78 is 5.53. The summed E-state index contributed by atoms with van der Waals surface area (Å²) in [7, 11) is 0. The van der Waals surface area contributed by atoms with E-state index in [9.17, 15) is 0 Å². The molecule has 0 spiro atoms. The Morgan fingerprint density at radius 2 is 2.26 bits per heavy atom. The van der Waals surface area contributed by atoms with Crippen LogP contribution < -0.4 is 10.1 Å². The third-order valence-electron chi connectivity index (χ3n) is 2.69. The van der Waals surface area contributed by atoms with Crippen LogP contribution in [0.2, 0.25) is 0 Å². The van der Waals surface area contributed by atoms with Crippen LogP contribution >= 0.6 is 0 Å². The first-order valence-electron chi connectivity index (χ1n) is 6.57. The van der Waals surface area contributed by atoms with Crippen LogP contribution in [0.3, 0.4) is 0 Å². The number of aryl methyl sites for hydroxylation is 1. The van der Waals surface area contributed by atoms with Crippen molar-refractivity contribution in [2.75, 3.05) is 6.54 Å². The standard InChI is InChI=1S/C14H20N4O/c1-3-6-15-8-12-4-5-13(16-9-12)10-19-14-7-11(2)17-18-14/h4-5,7,9,15H,3,6,8,10H2,1-2H3,(H,17,18). The highest BCUT2D eigenvalue weighted by Crippen LogP contribution is 2.09. The second-order valence-electron chi connectivity index (χ2n) is 4.51. The molecule has 19 heavy (non-hydrogen) atoms. The first-order valence-corrected chi connectivity index (χ1v) is 6.57. The largest absolute Gasteiger partial charge is 0.470 e. The van der Waals surface area contributed by atoms with Crippen molar-refractivity contribution < 1.29 is 4.74 Å². The summed E-state index contributed by atoms with van der Waals surface area (Å²) >= 11 is 0. The molecule has 0 amide bonds. The molecular formula is C14H20N4O. The molecule has 2 heterocycles. The van der Waals surface area contributed by atoms with E-state index in [0.717, 1.165) is 30.9 Å². The predicted molar refractivity (Wildman–Crippen MR) is 73.9 cm³/mol. The molecule has 0 unspecified atom stereocenters. The first kappa shape index (κ1) is 13.5. The lowest BCUT2D eigenvalue weighted by Crippen LogP contribution is -2.14. The summed E-state index contributed by atoms with van der Waals surface area (Å²) in [5.41, 5.74) is 3.08. The number of hydrogen-bond donors (Lipinski definition) is 2. The molecule has 0 aliphatic carbocycles. The van der Waals surface area contributed by atoms with E-state index in [4.69, 9.17) is 4.74 Å². The maximum absolute atomic E-state index is 5.53. The van der Waals surface area contributed by atoms with Gasteiger partial charge in [0.05, 0.1) is 5.69 Å². The van der Waals surface area contributed by atoms with Crippen molar-refractivity contribution in [2.24, 2.45) is 0 Å². The predicted octanol–water partition coefficient (Wildman–Crippen LogP) is 2.19. The number of H-pyrrole nitrogens is 1. The molecule has 5 nitrogen and oxygen atoms in total. The molecule has 102 valence electrons. The van der Waals surface area contributed by atoms with Gasteiger partial charge in [-0.3, -0.25) is 10.1 Å². The van der Waals surface area contributed by atoms with Crippen molar-refractivity contribution in [3.05, 3.63) is 41.3 Å². The van der Waals surface area contributed by atoms with Crippen LogP contribution in [-0.2, 0) is 13.2 Å². The zero-order chi connectivity index (χ0) is 13.5. The number of rotatable bonds is 7. The number of aromatic nitrogens is 3. The number of nitrogens with one attached hydrogen (secondary N) is 2. The highest BCUT2D eigenvalue weighted by molar-refractivity contribution is 5.15. The van der Waals surface area contributed by atoms with Gasteiger partial charge in [0.1, 0.15) is 6.61 Å². The van der Waals surface area contributed by atoms with Gasteiger partial charge in [0.15, 0.2) is 0 Å². The summed E-state index contributed by atoms with van der Waals surface area (Å²) in [5.74, 6) is 0.605. The van der Waals surface area contributed by atoms with Crippen molar-refractivity contribution in [2.45, 2.75) is 33.4 Å². The normalized spacial score (nSPS) is 10.6. The number of hydrogen-bond acceptors (Lipinski definition) is 4. The van der Waals surface area contributed by atoms with Gasteiger partial charge in [-0.05, 0) is 31.5 Å². The van der Waals surface area contributed by atoms with E-state index < -0.39 is 0 Å². The maximum Gasteiger partial charge on any atom is 0.233 e. The Bertz CT molecular complexity index is 492. The van der Waals surface area contributed by atoms with E-state index in [1.165, 1.54) is 5.56 Å². The van der Waals surface area contributed by atoms with Gasteiger partial charge in [-0.1, -0.05) is 13.0 Å². The van der Waals surface area contributed by atoms with Crippen molar-refractivity contribution in [3.8, 4) is 5.88 Å². The van der Waals surface area contributed by atoms with Crippen LogP contribution in [0.5, 0.6) is 5.88 Å². The molecule has 0 bridgehead atoms. The highest BCUT2D eigenvalue weighted by atomic mass is 16.5. The Hall–Kier alpha value is -1.88. The molecule has 5 heteroatoms. The fourth-order valence-electron chi connectivity index (χ4n) is 1.67. The molecule has 0 aliphatic rings. The SMILES string of the molecule is CCCNCc1ccc(COc2cc(C)[nH]n2)nc1. The van der Waals surface area contributed by atoms with Crippen molar-refractivity contribution >= 4 is 0 Å². The van der Waals surface area contributed by atoms with Crippen molar-refractivity contribution in [1.82, 2.24) is 20.5 Å². The molecule has 0 aromatic carbocycles. The van der Waals surface area contributed by atoms with Gasteiger partial charge in [0.2, 0.25) is 5.88 Å². The third kappa shape index (κ3) is 4.37. The lowest BCUT2D eigenvalue weighted by atomic mass is 10.2. The number of aromatic amines is 1.